The van der Waals surface area contributed by atoms with Gasteiger partial charge >= 0.3 is 5.97 Å². The number of unbranched alkanes of at least 4 members (excludes halogenated alkanes) is 1. The Kier molecular flexibility index (Phi) is 9.60. The van der Waals surface area contributed by atoms with E-state index in [4.69, 9.17) is 4.74 Å². The van der Waals surface area contributed by atoms with Crippen LogP contribution in [0.3, 0.4) is 0 Å². The molecule has 1 aromatic rings. The molecule has 6 atom stereocenters. The number of aliphatic hydroxyl groups is 1. The monoisotopic (exact) mass is 554 g/mol. The molecule has 3 heterocycles. The predicted octanol–water partition coefficient (Wildman–Crippen LogP) is 4.21. The molecule has 2 unspecified atom stereocenters. The first-order valence-corrected chi connectivity index (χ1v) is 15.0. The molecule has 1 N–H and O–H groups in total. The van der Waals surface area contributed by atoms with Crippen LogP contribution in [-0.4, -0.2) is 74.5 Å². The predicted molar refractivity (Wildman–Crippen MR) is 154 cm³/mol. The van der Waals surface area contributed by atoms with Crippen LogP contribution in [0.15, 0.2) is 55.6 Å². The van der Waals surface area contributed by atoms with Gasteiger partial charge in [0.15, 0.2) is 0 Å². The highest BCUT2D eigenvalue weighted by molar-refractivity contribution is 8.02. The van der Waals surface area contributed by atoms with E-state index < -0.39 is 28.7 Å². The van der Waals surface area contributed by atoms with Crippen LogP contribution in [0, 0.1) is 17.8 Å². The number of hydrogen-bond donors (Lipinski definition) is 1. The van der Waals surface area contributed by atoms with Crippen molar-refractivity contribution in [2.75, 3.05) is 19.8 Å². The summed E-state index contributed by atoms with van der Waals surface area (Å²) < 4.78 is 4.93. The van der Waals surface area contributed by atoms with E-state index >= 15 is 0 Å². The summed E-state index contributed by atoms with van der Waals surface area (Å²) in [6.45, 7) is 12.5. The first-order chi connectivity index (χ1) is 18.8. The molecule has 2 bridgehead atoms. The summed E-state index contributed by atoms with van der Waals surface area (Å²) in [6, 6.07) is 8.51. The number of carbonyl (C=O) groups excluding carboxylic acids is 3. The zero-order chi connectivity index (χ0) is 28.2. The Morgan fingerprint density at radius 1 is 1.26 bits per heavy atom. The number of hydrogen-bond acceptors (Lipinski definition) is 6. The van der Waals surface area contributed by atoms with Crippen molar-refractivity contribution in [3.05, 3.63) is 61.2 Å². The lowest BCUT2D eigenvalue weighted by atomic mass is 9.71. The average Bonchev–Trinajstić information content (AvgIpc) is 3.57. The van der Waals surface area contributed by atoms with E-state index in [1.165, 1.54) is 0 Å². The van der Waals surface area contributed by atoms with Crippen LogP contribution in [0.4, 0.5) is 0 Å². The van der Waals surface area contributed by atoms with Crippen molar-refractivity contribution in [2.24, 2.45) is 17.8 Å². The van der Waals surface area contributed by atoms with E-state index in [1.54, 1.807) is 33.7 Å². The normalized spacial score (nSPS) is 27.9. The highest BCUT2D eigenvalue weighted by atomic mass is 32.2. The van der Waals surface area contributed by atoms with Gasteiger partial charge in [-0.05, 0) is 43.6 Å². The topological polar surface area (TPSA) is 87.2 Å². The molecule has 212 valence electrons. The van der Waals surface area contributed by atoms with Crippen LogP contribution in [0.25, 0.3) is 0 Å². The minimum Gasteiger partial charge on any atom is -0.465 e. The summed E-state index contributed by atoms with van der Waals surface area (Å²) in [7, 11) is 0. The number of fused-ring (bicyclic) bond motifs is 1. The molecule has 2 amide bonds. The number of carbonyl (C=O) groups is 3. The molecule has 3 saturated heterocycles. The van der Waals surface area contributed by atoms with Crippen molar-refractivity contribution in [1.29, 1.82) is 0 Å². The Morgan fingerprint density at radius 2 is 2.00 bits per heavy atom. The maximum absolute atomic E-state index is 14.5. The van der Waals surface area contributed by atoms with Gasteiger partial charge in [-0.1, -0.05) is 56.3 Å². The van der Waals surface area contributed by atoms with Gasteiger partial charge in [0.1, 0.15) is 6.04 Å². The number of ether oxygens (including phenoxy) is 1. The fourth-order valence-corrected chi connectivity index (χ4v) is 8.90. The van der Waals surface area contributed by atoms with Gasteiger partial charge in [-0.2, -0.15) is 0 Å². The lowest BCUT2D eigenvalue weighted by molar-refractivity contribution is -0.154. The number of allylic oxidation sites excluding steroid dienone is 1. The Bertz CT molecular complexity index is 1060. The molecular weight excluding hydrogens is 512 g/mol. The SMILES string of the molecule is C=CCCCOC(=O)[C@@H]1[C@@H]2CCC3(S2)C(C(=O)N(CC=C)Cc2ccccc2)N([C@@H](CO)CC(C)C)C(=O)[C@H]13. The second-order valence-corrected chi connectivity index (χ2v) is 13.0. The summed E-state index contributed by atoms with van der Waals surface area (Å²) in [4.78, 5) is 45.6. The maximum atomic E-state index is 14.5. The van der Waals surface area contributed by atoms with Crippen molar-refractivity contribution < 1.29 is 24.2 Å². The number of aliphatic hydroxyl groups excluding tert-OH is 1. The zero-order valence-electron chi connectivity index (χ0n) is 23.2. The van der Waals surface area contributed by atoms with Crippen molar-refractivity contribution >= 4 is 29.5 Å². The molecule has 0 radical (unpaired) electrons. The number of thioether (sulfide) groups is 1. The van der Waals surface area contributed by atoms with Gasteiger partial charge in [0.25, 0.3) is 0 Å². The van der Waals surface area contributed by atoms with Crippen LogP contribution in [0.1, 0.15) is 51.5 Å². The molecule has 3 aliphatic rings. The second-order valence-electron chi connectivity index (χ2n) is 11.4. The Hall–Kier alpha value is -2.58. The molecular formula is C31H42N2O5S. The van der Waals surface area contributed by atoms with Gasteiger partial charge in [0.2, 0.25) is 11.8 Å². The smallest absolute Gasteiger partial charge is 0.310 e. The first-order valence-electron chi connectivity index (χ1n) is 14.1. The number of nitrogens with zero attached hydrogens (tertiary/aromatic N) is 2. The van der Waals surface area contributed by atoms with Crippen molar-refractivity contribution in [1.82, 2.24) is 9.80 Å². The standard InChI is InChI=1S/C31H42N2O5S/c1-5-7-11-17-38-30(37)25-24-14-15-31(39-24)26(25)28(35)33(23(20-34)18-21(3)4)27(31)29(36)32(16-6-2)19-22-12-9-8-10-13-22/h5-6,8-10,12-13,21,23-27,34H,1-2,7,11,14-20H2,3-4H3/t23-,24+,25-,26+,27?,31?/m1/s1. The van der Waals surface area contributed by atoms with Crippen LogP contribution < -0.4 is 0 Å². The third-order valence-electron chi connectivity index (χ3n) is 8.27. The molecule has 3 aliphatic heterocycles. The zero-order valence-corrected chi connectivity index (χ0v) is 24.0. The van der Waals surface area contributed by atoms with Crippen molar-refractivity contribution in [2.45, 2.75) is 74.6 Å². The van der Waals surface area contributed by atoms with Gasteiger partial charge in [-0.15, -0.1) is 24.9 Å². The quantitative estimate of drug-likeness (QED) is 0.211. The molecule has 7 nitrogen and oxygen atoms in total. The first kappa shape index (κ1) is 29.4. The summed E-state index contributed by atoms with van der Waals surface area (Å²) in [6.07, 6.45) is 6.94. The molecule has 4 rings (SSSR count). The number of amides is 2. The molecule has 39 heavy (non-hydrogen) atoms. The number of rotatable bonds is 14. The average molecular weight is 555 g/mol. The molecule has 0 aromatic heterocycles. The van der Waals surface area contributed by atoms with Gasteiger partial charge in [-0.3, -0.25) is 14.4 Å². The minimum absolute atomic E-state index is 0.0528. The molecule has 8 heteroatoms. The summed E-state index contributed by atoms with van der Waals surface area (Å²) >= 11 is 1.63. The molecule has 3 fully saturated rings. The van der Waals surface area contributed by atoms with Crippen LogP contribution in [-0.2, 0) is 25.7 Å². The van der Waals surface area contributed by atoms with Crippen LogP contribution in [0.2, 0.25) is 0 Å². The number of esters is 1. The van der Waals surface area contributed by atoms with Gasteiger partial charge in [0, 0.05) is 18.3 Å². The van der Waals surface area contributed by atoms with Gasteiger partial charge in [0.05, 0.1) is 35.8 Å². The summed E-state index contributed by atoms with van der Waals surface area (Å²) in [5, 5.41) is 10.4. The van der Waals surface area contributed by atoms with E-state index in [2.05, 4.69) is 13.2 Å². The van der Waals surface area contributed by atoms with Crippen molar-refractivity contribution in [3.8, 4) is 0 Å². The van der Waals surface area contributed by atoms with Crippen molar-refractivity contribution in [3.63, 3.8) is 0 Å². The molecule has 0 saturated carbocycles. The lowest BCUT2D eigenvalue weighted by Crippen LogP contribution is -2.57. The van der Waals surface area contributed by atoms with E-state index in [-0.39, 0.29) is 42.2 Å². The largest absolute Gasteiger partial charge is 0.465 e. The highest BCUT2D eigenvalue weighted by Crippen LogP contribution is 2.67. The molecule has 1 spiro atoms. The third kappa shape index (κ3) is 5.68. The molecule has 1 aromatic carbocycles. The van der Waals surface area contributed by atoms with Crippen LogP contribution >= 0.6 is 11.8 Å². The Labute approximate surface area is 236 Å². The van der Waals surface area contributed by atoms with Crippen LogP contribution in [0.5, 0.6) is 0 Å². The maximum Gasteiger partial charge on any atom is 0.310 e. The Morgan fingerprint density at radius 3 is 2.64 bits per heavy atom. The van der Waals surface area contributed by atoms with E-state index in [0.717, 1.165) is 18.4 Å². The van der Waals surface area contributed by atoms with Gasteiger partial charge in [-0.25, -0.2) is 0 Å². The third-order valence-corrected chi connectivity index (χ3v) is 10.2. The van der Waals surface area contributed by atoms with Gasteiger partial charge < -0.3 is 19.6 Å². The summed E-state index contributed by atoms with van der Waals surface area (Å²) in [5.41, 5.74) is 0.989. The van der Waals surface area contributed by atoms with E-state index in [1.807, 2.05) is 44.2 Å². The Balaban J connectivity index is 1.71. The van der Waals surface area contributed by atoms with E-state index in [9.17, 15) is 19.5 Å². The van der Waals surface area contributed by atoms with E-state index in [0.29, 0.717) is 32.4 Å². The summed E-state index contributed by atoms with van der Waals surface area (Å²) in [5.74, 6) is -1.70. The fraction of sp³-hybridized carbons (Fsp3) is 0.581. The minimum atomic E-state index is -0.761. The molecule has 0 aliphatic carbocycles. The fourth-order valence-electron chi connectivity index (χ4n) is 6.71. The second kappa shape index (κ2) is 12.7. The lowest BCUT2D eigenvalue weighted by Gasteiger charge is -2.40. The number of likely N-dealkylation sites (tertiary alicyclic amines) is 1. The highest BCUT2D eigenvalue weighted by Gasteiger charge is 2.74. The number of benzene rings is 1.